The number of carbonyl (C=O) groups is 2. The van der Waals surface area contributed by atoms with E-state index in [-0.39, 0.29) is 36.8 Å². The Morgan fingerprint density at radius 1 is 1.00 bits per heavy atom. The number of nitrogens with zero attached hydrogens (tertiary/aromatic N) is 4. The zero-order valence-corrected chi connectivity index (χ0v) is 25.7. The lowest BCUT2D eigenvalue weighted by Gasteiger charge is -2.19. The number of alkyl halides is 3. The molecule has 1 aliphatic carbocycles. The Morgan fingerprint density at radius 2 is 1.64 bits per heavy atom. The highest BCUT2D eigenvalue weighted by Gasteiger charge is 2.45. The van der Waals surface area contributed by atoms with Gasteiger partial charge in [-0.25, -0.2) is 4.72 Å². The molecule has 0 atom stereocenters. The molecule has 3 aromatic rings. The third-order valence-electron chi connectivity index (χ3n) is 6.47. The molecule has 18 heteroatoms. The fourth-order valence-corrected chi connectivity index (χ4v) is 4.64. The molecule has 45 heavy (non-hydrogen) atoms. The molecule has 4 rings (SSSR count). The molecule has 1 aromatic heterocycles. The summed E-state index contributed by atoms with van der Waals surface area (Å²) in [5, 5.41) is 9.27. The molecule has 1 heterocycles. The number of halogens is 4. The van der Waals surface area contributed by atoms with Gasteiger partial charge in [-0.3, -0.25) is 9.59 Å². The number of amides is 2. The van der Waals surface area contributed by atoms with Crippen LogP contribution in [0.15, 0.2) is 48.5 Å². The predicted molar refractivity (Wildman–Crippen MR) is 159 cm³/mol. The van der Waals surface area contributed by atoms with E-state index < -0.39 is 46.4 Å². The number of nitrogens with one attached hydrogen (secondary N) is 4. The molecular weight excluding hydrogens is 641 g/mol. The van der Waals surface area contributed by atoms with Crippen LogP contribution < -0.4 is 25.4 Å². The maximum absolute atomic E-state index is 12.8. The average molecular weight is 671 g/mol. The molecule has 0 radical (unpaired) electrons. The average Bonchev–Trinajstić information content (AvgIpc) is 3.74. The molecule has 1 fully saturated rings. The first kappa shape index (κ1) is 33.7. The summed E-state index contributed by atoms with van der Waals surface area (Å²) in [7, 11) is -1.32. The summed E-state index contributed by atoms with van der Waals surface area (Å²) < 4.78 is 69.4. The summed E-state index contributed by atoms with van der Waals surface area (Å²) in [6, 6.07) is 12.7. The number of rotatable bonds is 14. The van der Waals surface area contributed by atoms with E-state index in [0.29, 0.717) is 10.7 Å². The van der Waals surface area contributed by atoms with Crippen LogP contribution in [0.3, 0.4) is 0 Å². The zero-order valence-electron chi connectivity index (χ0n) is 24.1. The third kappa shape index (κ3) is 9.89. The molecule has 0 aliphatic heterocycles. The number of hydrogen-bond acceptors (Lipinski definition) is 10. The van der Waals surface area contributed by atoms with Gasteiger partial charge in [-0.15, -0.1) is 0 Å². The van der Waals surface area contributed by atoms with E-state index in [2.05, 4.69) is 30.9 Å². The molecule has 0 spiro atoms. The minimum Gasteiger partial charge on any atom is -0.454 e. The van der Waals surface area contributed by atoms with Gasteiger partial charge in [0.2, 0.25) is 17.8 Å². The van der Waals surface area contributed by atoms with Gasteiger partial charge in [0.05, 0.1) is 5.54 Å². The highest BCUT2D eigenvalue weighted by Crippen LogP contribution is 2.48. The molecule has 0 bridgehead atoms. The van der Waals surface area contributed by atoms with Crippen molar-refractivity contribution in [2.45, 2.75) is 37.4 Å². The lowest BCUT2D eigenvalue weighted by Crippen LogP contribution is -2.39. The van der Waals surface area contributed by atoms with E-state index in [9.17, 15) is 31.2 Å². The van der Waals surface area contributed by atoms with Crippen molar-refractivity contribution in [1.29, 1.82) is 0 Å². The summed E-state index contributed by atoms with van der Waals surface area (Å²) >= 11 is 6.00. The summed E-state index contributed by atoms with van der Waals surface area (Å²) in [5.41, 5.74) is 1.09. The van der Waals surface area contributed by atoms with Gasteiger partial charge < -0.3 is 20.7 Å². The van der Waals surface area contributed by atoms with E-state index in [1.165, 1.54) is 38.4 Å². The van der Waals surface area contributed by atoms with Crippen molar-refractivity contribution in [3.63, 3.8) is 0 Å². The van der Waals surface area contributed by atoms with E-state index >= 15 is 0 Å². The number of benzene rings is 2. The van der Waals surface area contributed by atoms with Gasteiger partial charge in [0.15, 0.2) is 6.61 Å². The van der Waals surface area contributed by atoms with Crippen LogP contribution in [0.1, 0.15) is 41.6 Å². The summed E-state index contributed by atoms with van der Waals surface area (Å²) in [4.78, 5) is 36.6. The molecule has 13 nitrogen and oxygen atoms in total. The van der Waals surface area contributed by atoms with E-state index in [1.807, 2.05) is 16.9 Å². The van der Waals surface area contributed by atoms with Crippen LogP contribution in [-0.2, 0) is 20.5 Å². The number of carbonyl (C=O) groups excluding carboxylic acids is 2. The Kier molecular flexibility index (Phi) is 10.3. The topological polar surface area (TPSA) is 168 Å². The highest BCUT2D eigenvalue weighted by molar-refractivity contribution is 7.87. The van der Waals surface area contributed by atoms with Gasteiger partial charge in [0, 0.05) is 43.3 Å². The Balaban J connectivity index is 1.38. The van der Waals surface area contributed by atoms with Gasteiger partial charge in [0.1, 0.15) is 0 Å². The zero-order chi connectivity index (χ0) is 32.8. The van der Waals surface area contributed by atoms with E-state index in [4.69, 9.17) is 16.3 Å². The van der Waals surface area contributed by atoms with Crippen LogP contribution in [0.4, 0.5) is 30.8 Å². The molecule has 242 valence electrons. The first-order chi connectivity index (χ1) is 21.1. The van der Waals surface area contributed by atoms with Crippen LogP contribution in [0.2, 0.25) is 5.02 Å². The normalized spacial score (nSPS) is 14.0. The van der Waals surface area contributed by atoms with Crippen molar-refractivity contribution in [2.75, 3.05) is 37.9 Å². The lowest BCUT2D eigenvalue weighted by atomic mass is 10.1. The Hall–Kier alpha value is -4.22. The van der Waals surface area contributed by atoms with Crippen molar-refractivity contribution in [2.24, 2.45) is 0 Å². The largest absolute Gasteiger partial charge is 0.454 e. The van der Waals surface area contributed by atoms with Gasteiger partial charge in [-0.2, -0.15) is 40.8 Å². The number of ether oxygens (including phenoxy) is 1. The highest BCUT2D eigenvalue weighted by atomic mass is 35.5. The quantitative estimate of drug-likeness (QED) is 0.186. The molecule has 0 unspecified atom stereocenters. The monoisotopic (exact) mass is 670 g/mol. The van der Waals surface area contributed by atoms with Crippen molar-refractivity contribution in [3.05, 3.63) is 64.7 Å². The molecule has 1 aliphatic rings. The van der Waals surface area contributed by atoms with Crippen LogP contribution in [0, 0.1) is 0 Å². The maximum atomic E-state index is 12.8. The van der Waals surface area contributed by atoms with Gasteiger partial charge in [-0.05, 0) is 61.2 Å². The first-order valence-corrected chi connectivity index (χ1v) is 15.3. The van der Waals surface area contributed by atoms with Gasteiger partial charge >= 0.3 is 22.4 Å². The second kappa shape index (κ2) is 13.8. The predicted octanol–water partition coefficient (Wildman–Crippen LogP) is 3.74. The fourth-order valence-electron chi connectivity index (χ4n) is 3.95. The lowest BCUT2D eigenvalue weighted by molar-refractivity contribution is -0.154. The number of anilines is 3. The van der Waals surface area contributed by atoms with Crippen molar-refractivity contribution >= 4 is 51.2 Å². The van der Waals surface area contributed by atoms with Crippen LogP contribution in [0.5, 0.6) is 6.01 Å². The minimum atomic E-state index is -4.61. The van der Waals surface area contributed by atoms with Crippen molar-refractivity contribution < 1.29 is 35.9 Å². The Bertz CT molecular complexity index is 1620. The molecule has 2 aromatic carbocycles. The summed E-state index contributed by atoms with van der Waals surface area (Å²) in [6.07, 6.45) is -3.05. The van der Waals surface area contributed by atoms with Crippen molar-refractivity contribution in [1.82, 2.24) is 29.3 Å². The SMILES string of the molecule is CN(C)S(=O)(=O)NC(=O)CCCNC(=O)c1ccc(Nc2nc(NC3(c4ccc(Cl)cc4)CC3)nc(OCC(F)(F)F)n2)cc1. The molecule has 2 amide bonds. The summed E-state index contributed by atoms with van der Waals surface area (Å²) in [5.74, 6) is -1.23. The first-order valence-electron chi connectivity index (χ1n) is 13.5. The van der Waals surface area contributed by atoms with E-state index in [0.717, 1.165) is 22.7 Å². The maximum Gasteiger partial charge on any atom is 0.422 e. The van der Waals surface area contributed by atoms with Crippen LogP contribution in [0.25, 0.3) is 0 Å². The molecule has 4 N–H and O–H groups in total. The number of aromatic nitrogens is 3. The second-order valence-corrected chi connectivity index (χ2v) is 12.6. The van der Waals surface area contributed by atoms with Crippen molar-refractivity contribution in [3.8, 4) is 6.01 Å². The molecule has 1 saturated carbocycles. The van der Waals surface area contributed by atoms with Crippen LogP contribution >= 0.6 is 11.6 Å². The van der Waals surface area contributed by atoms with E-state index in [1.54, 1.807) is 12.1 Å². The molecule has 0 saturated heterocycles. The minimum absolute atomic E-state index is 0.00104. The van der Waals surface area contributed by atoms with Crippen LogP contribution in [-0.4, -0.2) is 72.9 Å². The second-order valence-electron chi connectivity index (χ2n) is 10.3. The third-order valence-corrected chi connectivity index (χ3v) is 8.17. The standard InChI is InChI=1S/C27H30ClF3N8O5S/c1-39(2)45(42,43)38-21(40)4-3-15-32-22(41)17-5-11-20(12-6-17)33-23-34-24(36-25(35-23)44-16-27(29,30)31)37-26(13-14-26)18-7-9-19(28)10-8-18/h5-12H,3-4,13-16H2,1-2H3,(H,32,41)(H,38,40)(H2,33,34,35,36,37). The Morgan fingerprint density at radius 3 is 2.24 bits per heavy atom. The smallest absolute Gasteiger partial charge is 0.422 e. The summed E-state index contributed by atoms with van der Waals surface area (Å²) in [6.45, 7) is -1.48. The van der Waals surface area contributed by atoms with Gasteiger partial charge in [-0.1, -0.05) is 23.7 Å². The van der Waals surface area contributed by atoms with Gasteiger partial charge in [0.25, 0.3) is 5.91 Å². The Labute approximate surface area is 262 Å². The fraction of sp³-hybridized carbons (Fsp3) is 0.370. The molecular formula is C27H30ClF3N8O5S. The number of hydrogen-bond donors (Lipinski definition) is 4.